The summed E-state index contributed by atoms with van der Waals surface area (Å²) in [7, 11) is 0. The minimum atomic E-state index is -0.114. The number of para-hydroxylation sites is 1. The highest BCUT2D eigenvalue weighted by atomic mass is 16.1. The van der Waals surface area contributed by atoms with Gasteiger partial charge in [-0.15, -0.1) is 0 Å². The van der Waals surface area contributed by atoms with E-state index in [1.165, 1.54) is 0 Å². The molecule has 0 bridgehead atoms. The monoisotopic (exact) mass is 288 g/mol. The maximum Gasteiger partial charge on any atom is 0.221 e. The quantitative estimate of drug-likeness (QED) is 0.535. The highest BCUT2D eigenvalue weighted by Crippen LogP contribution is 2.13. The molecule has 108 valence electrons. The smallest absolute Gasteiger partial charge is 0.221 e. The summed E-state index contributed by atoms with van der Waals surface area (Å²) in [5.74, 6) is 0.299. The average molecular weight is 288 g/mol. The first-order valence-electron chi connectivity index (χ1n) is 7.12. The summed E-state index contributed by atoms with van der Waals surface area (Å²) in [6.45, 7) is 2.02. The van der Waals surface area contributed by atoms with E-state index < -0.39 is 0 Å². The second-order valence-electron chi connectivity index (χ2n) is 5.01. The SMILES string of the molecule is Cc1ccccc1/C=C/C(=O)c1nccn1-c1ccccc1. The first kappa shape index (κ1) is 14.0. The summed E-state index contributed by atoms with van der Waals surface area (Å²) in [5, 5.41) is 0. The molecule has 0 aliphatic heterocycles. The normalized spacial score (nSPS) is 11.0. The van der Waals surface area contributed by atoms with E-state index in [2.05, 4.69) is 4.98 Å². The number of allylic oxidation sites excluding steroid dienone is 1. The van der Waals surface area contributed by atoms with Gasteiger partial charge >= 0.3 is 0 Å². The maximum atomic E-state index is 12.4. The Morgan fingerprint density at radius 1 is 1.05 bits per heavy atom. The van der Waals surface area contributed by atoms with Crippen LogP contribution < -0.4 is 0 Å². The Bertz CT molecular complexity index is 816. The molecule has 3 heteroatoms. The van der Waals surface area contributed by atoms with Crippen LogP contribution in [0.5, 0.6) is 0 Å². The van der Waals surface area contributed by atoms with Crippen molar-refractivity contribution in [3.63, 3.8) is 0 Å². The number of imidazole rings is 1. The number of nitrogens with zero attached hydrogens (tertiary/aromatic N) is 2. The van der Waals surface area contributed by atoms with Gasteiger partial charge in [-0.2, -0.15) is 0 Å². The maximum absolute atomic E-state index is 12.4. The molecular weight excluding hydrogens is 272 g/mol. The Morgan fingerprint density at radius 3 is 2.55 bits per heavy atom. The van der Waals surface area contributed by atoms with Gasteiger partial charge in [0.15, 0.2) is 5.82 Å². The molecule has 0 saturated heterocycles. The van der Waals surface area contributed by atoms with Crippen molar-refractivity contribution in [1.82, 2.24) is 9.55 Å². The van der Waals surface area contributed by atoms with Crippen molar-refractivity contribution in [3.05, 3.63) is 90.0 Å². The van der Waals surface area contributed by atoms with Crippen LogP contribution in [0, 0.1) is 6.92 Å². The molecule has 22 heavy (non-hydrogen) atoms. The number of hydrogen-bond donors (Lipinski definition) is 0. The van der Waals surface area contributed by atoms with Gasteiger partial charge in [0, 0.05) is 18.1 Å². The molecule has 0 aliphatic carbocycles. The van der Waals surface area contributed by atoms with Crippen LogP contribution in [0.25, 0.3) is 11.8 Å². The van der Waals surface area contributed by atoms with E-state index in [0.717, 1.165) is 16.8 Å². The topological polar surface area (TPSA) is 34.9 Å². The summed E-state index contributed by atoms with van der Waals surface area (Å²) in [5.41, 5.74) is 3.10. The fourth-order valence-electron chi connectivity index (χ4n) is 2.30. The van der Waals surface area contributed by atoms with Crippen LogP contribution in [-0.2, 0) is 0 Å². The van der Waals surface area contributed by atoms with Gasteiger partial charge in [-0.1, -0.05) is 48.5 Å². The number of carbonyl (C=O) groups excluding carboxylic acids is 1. The predicted molar refractivity (Wildman–Crippen MR) is 88.1 cm³/mol. The molecular formula is C19H16N2O. The molecule has 0 unspecified atom stereocenters. The molecule has 0 atom stereocenters. The first-order valence-corrected chi connectivity index (χ1v) is 7.12. The van der Waals surface area contributed by atoms with Crippen LogP contribution in [-0.4, -0.2) is 15.3 Å². The average Bonchev–Trinajstić information content (AvgIpc) is 3.04. The lowest BCUT2D eigenvalue weighted by atomic mass is 10.1. The third-order valence-corrected chi connectivity index (χ3v) is 3.50. The Balaban J connectivity index is 1.88. The fraction of sp³-hybridized carbons (Fsp3) is 0.0526. The van der Waals surface area contributed by atoms with E-state index in [1.807, 2.05) is 67.6 Å². The van der Waals surface area contributed by atoms with Gasteiger partial charge in [-0.3, -0.25) is 9.36 Å². The molecule has 0 fully saturated rings. The lowest BCUT2D eigenvalue weighted by Gasteiger charge is -2.05. The number of hydrogen-bond acceptors (Lipinski definition) is 2. The van der Waals surface area contributed by atoms with Gasteiger partial charge in [-0.25, -0.2) is 4.98 Å². The van der Waals surface area contributed by atoms with Crippen molar-refractivity contribution < 1.29 is 4.79 Å². The number of ketones is 1. The highest BCUT2D eigenvalue weighted by molar-refractivity contribution is 6.04. The van der Waals surface area contributed by atoms with Crippen molar-refractivity contribution in [1.29, 1.82) is 0 Å². The van der Waals surface area contributed by atoms with Crippen molar-refractivity contribution in [2.45, 2.75) is 6.92 Å². The van der Waals surface area contributed by atoms with E-state index in [4.69, 9.17) is 0 Å². The number of aromatic nitrogens is 2. The van der Waals surface area contributed by atoms with E-state index in [1.54, 1.807) is 23.0 Å². The Kier molecular flexibility index (Phi) is 3.97. The van der Waals surface area contributed by atoms with Crippen molar-refractivity contribution >= 4 is 11.9 Å². The zero-order valence-electron chi connectivity index (χ0n) is 12.3. The lowest BCUT2D eigenvalue weighted by Crippen LogP contribution is -2.06. The summed E-state index contributed by atoms with van der Waals surface area (Å²) in [6.07, 6.45) is 6.85. The molecule has 0 saturated carbocycles. The van der Waals surface area contributed by atoms with Crippen molar-refractivity contribution in [2.24, 2.45) is 0 Å². The highest BCUT2D eigenvalue weighted by Gasteiger charge is 2.11. The van der Waals surface area contributed by atoms with E-state index >= 15 is 0 Å². The summed E-state index contributed by atoms with van der Waals surface area (Å²) < 4.78 is 1.80. The van der Waals surface area contributed by atoms with Gasteiger partial charge in [0.1, 0.15) is 0 Å². The first-order chi connectivity index (χ1) is 10.8. The van der Waals surface area contributed by atoms with Gasteiger partial charge in [0.25, 0.3) is 0 Å². The molecule has 2 aromatic carbocycles. The number of rotatable bonds is 4. The van der Waals surface area contributed by atoms with Gasteiger partial charge in [-0.05, 0) is 36.3 Å². The minimum absolute atomic E-state index is 0.114. The molecule has 0 radical (unpaired) electrons. The van der Waals surface area contributed by atoms with Crippen LogP contribution in [0.3, 0.4) is 0 Å². The molecule has 1 heterocycles. The molecule has 0 amide bonds. The van der Waals surface area contributed by atoms with Crippen molar-refractivity contribution in [2.75, 3.05) is 0 Å². The molecule has 3 nitrogen and oxygen atoms in total. The van der Waals surface area contributed by atoms with Gasteiger partial charge < -0.3 is 0 Å². The van der Waals surface area contributed by atoms with Crippen molar-refractivity contribution in [3.8, 4) is 5.69 Å². The molecule has 0 spiro atoms. The van der Waals surface area contributed by atoms with Crippen LogP contribution >= 0.6 is 0 Å². The van der Waals surface area contributed by atoms with E-state index in [9.17, 15) is 4.79 Å². The van der Waals surface area contributed by atoms with Gasteiger partial charge in [0.2, 0.25) is 5.78 Å². The number of carbonyl (C=O) groups is 1. The van der Waals surface area contributed by atoms with Gasteiger partial charge in [0.05, 0.1) is 0 Å². The molecule has 0 N–H and O–H groups in total. The van der Waals surface area contributed by atoms with Crippen LogP contribution in [0.1, 0.15) is 21.7 Å². The van der Waals surface area contributed by atoms with E-state index in [-0.39, 0.29) is 5.78 Å². The predicted octanol–water partition coefficient (Wildman–Crippen LogP) is 4.08. The molecule has 3 rings (SSSR count). The third kappa shape index (κ3) is 2.88. The number of benzene rings is 2. The Morgan fingerprint density at radius 2 is 1.77 bits per heavy atom. The third-order valence-electron chi connectivity index (χ3n) is 3.50. The second kappa shape index (κ2) is 6.22. The minimum Gasteiger partial charge on any atom is -0.297 e. The molecule has 0 aliphatic rings. The standard InChI is InChI=1S/C19H16N2O/c1-15-7-5-6-8-16(15)11-12-18(22)19-20-13-14-21(19)17-9-3-2-4-10-17/h2-14H,1H3/b12-11+. The Labute approximate surface area is 129 Å². The summed E-state index contributed by atoms with van der Waals surface area (Å²) in [4.78, 5) is 16.6. The largest absolute Gasteiger partial charge is 0.297 e. The summed E-state index contributed by atoms with van der Waals surface area (Å²) >= 11 is 0. The number of aryl methyl sites for hydroxylation is 1. The lowest BCUT2D eigenvalue weighted by molar-refractivity contribution is 0.103. The second-order valence-corrected chi connectivity index (χ2v) is 5.01. The zero-order valence-corrected chi connectivity index (χ0v) is 12.3. The molecule has 3 aromatic rings. The van der Waals surface area contributed by atoms with E-state index in [0.29, 0.717) is 5.82 Å². The summed E-state index contributed by atoms with van der Waals surface area (Å²) in [6, 6.07) is 17.7. The van der Waals surface area contributed by atoms with Crippen LogP contribution in [0.15, 0.2) is 73.1 Å². The van der Waals surface area contributed by atoms with Crippen LogP contribution in [0.2, 0.25) is 0 Å². The zero-order chi connectivity index (χ0) is 15.4. The molecule has 1 aromatic heterocycles. The Hall–Kier alpha value is -2.94. The van der Waals surface area contributed by atoms with Crippen LogP contribution in [0.4, 0.5) is 0 Å². The fourth-order valence-corrected chi connectivity index (χ4v) is 2.30.